The fourth-order valence-electron chi connectivity index (χ4n) is 2.00. The van der Waals surface area contributed by atoms with E-state index in [0.717, 1.165) is 28.5 Å². The van der Waals surface area contributed by atoms with E-state index in [-0.39, 0.29) is 6.61 Å². The molecule has 1 N–H and O–H groups in total. The van der Waals surface area contributed by atoms with Crippen LogP contribution in [0.4, 0.5) is 0 Å². The van der Waals surface area contributed by atoms with Crippen molar-refractivity contribution in [1.82, 2.24) is 9.55 Å². The van der Waals surface area contributed by atoms with Crippen molar-refractivity contribution in [3.8, 4) is 17.1 Å². The van der Waals surface area contributed by atoms with Crippen LogP contribution in [0, 0.1) is 6.92 Å². The van der Waals surface area contributed by atoms with Crippen LogP contribution >= 0.6 is 0 Å². The Kier molecular flexibility index (Phi) is 3.67. The summed E-state index contributed by atoms with van der Waals surface area (Å²) in [5.74, 6) is 1.71. The lowest BCUT2D eigenvalue weighted by atomic mass is 10.2. The van der Waals surface area contributed by atoms with Crippen molar-refractivity contribution in [2.24, 2.45) is 7.05 Å². The zero-order chi connectivity index (χ0) is 13.1. The Morgan fingerprint density at radius 1 is 1.39 bits per heavy atom. The minimum Gasteiger partial charge on any atom is -0.497 e. The van der Waals surface area contributed by atoms with Crippen LogP contribution in [0.15, 0.2) is 24.3 Å². The summed E-state index contributed by atoms with van der Waals surface area (Å²) in [5, 5.41) is 9.03. The predicted molar refractivity (Wildman–Crippen MR) is 70.7 cm³/mol. The zero-order valence-electron chi connectivity index (χ0n) is 11.0. The Labute approximate surface area is 107 Å². The highest BCUT2D eigenvalue weighted by Gasteiger charge is 2.12. The highest BCUT2D eigenvalue weighted by molar-refractivity contribution is 5.59. The van der Waals surface area contributed by atoms with E-state index in [4.69, 9.17) is 9.84 Å². The Hall–Kier alpha value is -1.81. The summed E-state index contributed by atoms with van der Waals surface area (Å²) in [7, 11) is 3.64. The molecule has 0 aliphatic rings. The molecular weight excluding hydrogens is 228 g/mol. The largest absolute Gasteiger partial charge is 0.497 e. The maximum atomic E-state index is 9.03. The van der Waals surface area contributed by atoms with Crippen molar-refractivity contribution < 1.29 is 9.84 Å². The second-order valence-corrected chi connectivity index (χ2v) is 4.23. The van der Waals surface area contributed by atoms with Crippen LogP contribution in [0.3, 0.4) is 0 Å². The van der Waals surface area contributed by atoms with Gasteiger partial charge in [0.05, 0.1) is 12.8 Å². The van der Waals surface area contributed by atoms with Crippen LogP contribution in [0.25, 0.3) is 11.4 Å². The molecule has 0 spiro atoms. The van der Waals surface area contributed by atoms with E-state index in [1.54, 1.807) is 7.11 Å². The van der Waals surface area contributed by atoms with Crippen molar-refractivity contribution >= 4 is 0 Å². The summed E-state index contributed by atoms with van der Waals surface area (Å²) in [6, 6.07) is 7.83. The first kappa shape index (κ1) is 12.6. The lowest BCUT2D eigenvalue weighted by molar-refractivity contribution is 0.298. The number of aliphatic hydroxyl groups excluding tert-OH is 1. The molecule has 1 aromatic carbocycles. The molecule has 0 aliphatic heterocycles. The van der Waals surface area contributed by atoms with Crippen molar-refractivity contribution in [1.29, 1.82) is 0 Å². The molecule has 0 saturated carbocycles. The molecule has 0 bridgehead atoms. The highest BCUT2D eigenvalue weighted by Crippen LogP contribution is 2.24. The third-order valence-electron chi connectivity index (χ3n) is 3.16. The third kappa shape index (κ3) is 2.24. The second kappa shape index (κ2) is 5.23. The molecule has 0 aliphatic carbocycles. The molecule has 4 nitrogen and oxygen atoms in total. The Morgan fingerprint density at radius 3 is 2.83 bits per heavy atom. The van der Waals surface area contributed by atoms with Gasteiger partial charge in [0.25, 0.3) is 0 Å². The van der Waals surface area contributed by atoms with E-state index in [1.165, 1.54) is 0 Å². The topological polar surface area (TPSA) is 47.3 Å². The number of benzene rings is 1. The van der Waals surface area contributed by atoms with E-state index in [9.17, 15) is 0 Å². The first-order valence-corrected chi connectivity index (χ1v) is 5.95. The third-order valence-corrected chi connectivity index (χ3v) is 3.16. The summed E-state index contributed by atoms with van der Waals surface area (Å²) in [6.07, 6.45) is 0.587. The van der Waals surface area contributed by atoms with Gasteiger partial charge in [0.15, 0.2) is 0 Å². The minimum atomic E-state index is 0.120. The summed E-state index contributed by atoms with van der Waals surface area (Å²) in [5.41, 5.74) is 3.05. The van der Waals surface area contributed by atoms with Gasteiger partial charge in [-0.15, -0.1) is 0 Å². The van der Waals surface area contributed by atoms with E-state index in [1.807, 2.05) is 42.8 Å². The Balaban J connectivity index is 2.46. The predicted octanol–water partition coefficient (Wildman–Crippen LogP) is 1.94. The van der Waals surface area contributed by atoms with Gasteiger partial charge in [0, 0.05) is 31.3 Å². The molecule has 0 atom stereocenters. The van der Waals surface area contributed by atoms with Crippen LogP contribution in [0.1, 0.15) is 11.4 Å². The number of aromatic nitrogens is 2. The number of hydrogen-bond acceptors (Lipinski definition) is 3. The van der Waals surface area contributed by atoms with Crippen LogP contribution in [0.2, 0.25) is 0 Å². The maximum Gasteiger partial charge on any atom is 0.140 e. The molecule has 2 aromatic rings. The van der Waals surface area contributed by atoms with Gasteiger partial charge < -0.3 is 14.4 Å². The molecule has 2 rings (SSSR count). The molecule has 0 amide bonds. The van der Waals surface area contributed by atoms with Gasteiger partial charge in [0.1, 0.15) is 11.6 Å². The number of methoxy groups -OCH3 is 1. The van der Waals surface area contributed by atoms with Gasteiger partial charge in [0.2, 0.25) is 0 Å². The zero-order valence-corrected chi connectivity index (χ0v) is 11.0. The molecule has 96 valence electrons. The van der Waals surface area contributed by atoms with Crippen molar-refractivity contribution in [3.63, 3.8) is 0 Å². The van der Waals surface area contributed by atoms with Crippen molar-refractivity contribution in [2.75, 3.05) is 13.7 Å². The number of aliphatic hydroxyl groups is 1. The van der Waals surface area contributed by atoms with E-state index >= 15 is 0 Å². The van der Waals surface area contributed by atoms with E-state index < -0.39 is 0 Å². The van der Waals surface area contributed by atoms with Crippen LogP contribution in [-0.2, 0) is 13.5 Å². The quantitative estimate of drug-likeness (QED) is 0.896. The van der Waals surface area contributed by atoms with Gasteiger partial charge >= 0.3 is 0 Å². The average Bonchev–Trinajstić information content (AvgIpc) is 2.68. The molecule has 0 radical (unpaired) electrons. The first-order valence-electron chi connectivity index (χ1n) is 5.95. The second-order valence-electron chi connectivity index (χ2n) is 4.23. The van der Waals surface area contributed by atoms with Gasteiger partial charge in [-0.25, -0.2) is 4.98 Å². The smallest absolute Gasteiger partial charge is 0.140 e. The first-order chi connectivity index (χ1) is 8.67. The number of ether oxygens (including phenoxy) is 1. The molecule has 1 aromatic heterocycles. The fourth-order valence-corrected chi connectivity index (χ4v) is 2.00. The summed E-state index contributed by atoms with van der Waals surface area (Å²) in [4.78, 5) is 4.59. The van der Waals surface area contributed by atoms with Gasteiger partial charge in [-0.3, -0.25) is 0 Å². The SMILES string of the molecule is COc1cccc(-c2nc(CCO)c(C)n2C)c1. The standard InChI is InChI=1S/C14H18N2O2/c1-10-13(7-8-17)15-14(16(10)2)11-5-4-6-12(9-11)18-3/h4-6,9,17H,7-8H2,1-3H3. The van der Waals surface area contributed by atoms with Crippen LogP contribution < -0.4 is 4.74 Å². The number of rotatable bonds is 4. The maximum absolute atomic E-state index is 9.03. The minimum absolute atomic E-state index is 0.120. The molecule has 1 heterocycles. The lowest BCUT2D eigenvalue weighted by Crippen LogP contribution is -1.96. The summed E-state index contributed by atoms with van der Waals surface area (Å²) >= 11 is 0. The average molecular weight is 246 g/mol. The number of hydrogen-bond donors (Lipinski definition) is 1. The molecule has 0 fully saturated rings. The van der Waals surface area contributed by atoms with E-state index in [2.05, 4.69) is 4.98 Å². The fraction of sp³-hybridized carbons (Fsp3) is 0.357. The van der Waals surface area contributed by atoms with E-state index in [0.29, 0.717) is 6.42 Å². The van der Waals surface area contributed by atoms with Crippen molar-refractivity contribution in [3.05, 3.63) is 35.7 Å². The normalized spacial score (nSPS) is 10.7. The van der Waals surface area contributed by atoms with Crippen LogP contribution in [-0.4, -0.2) is 28.4 Å². The molecule has 4 heteroatoms. The van der Waals surface area contributed by atoms with Gasteiger partial charge in [-0.1, -0.05) is 12.1 Å². The Bertz CT molecular complexity index is 547. The Morgan fingerprint density at radius 2 is 2.17 bits per heavy atom. The summed E-state index contributed by atoms with van der Waals surface area (Å²) < 4.78 is 7.27. The lowest BCUT2D eigenvalue weighted by Gasteiger charge is -2.05. The summed E-state index contributed by atoms with van der Waals surface area (Å²) in [6.45, 7) is 2.14. The molecule has 18 heavy (non-hydrogen) atoms. The van der Waals surface area contributed by atoms with Crippen LogP contribution in [0.5, 0.6) is 5.75 Å². The highest BCUT2D eigenvalue weighted by atomic mass is 16.5. The number of imidazole rings is 1. The van der Waals surface area contributed by atoms with Gasteiger partial charge in [-0.05, 0) is 19.1 Å². The molecule has 0 saturated heterocycles. The van der Waals surface area contributed by atoms with Gasteiger partial charge in [-0.2, -0.15) is 0 Å². The van der Waals surface area contributed by atoms with Crippen molar-refractivity contribution in [2.45, 2.75) is 13.3 Å². The number of nitrogens with zero attached hydrogens (tertiary/aromatic N) is 2. The molecular formula is C14H18N2O2. The monoisotopic (exact) mass is 246 g/mol. The molecule has 0 unspecified atom stereocenters.